The number of carbonyl (C=O) groups excluding carboxylic acids is 3. The van der Waals surface area contributed by atoms with E-state index in [1.807, 2.05) is 12.2 Å². The third-order valence-corrected chi connectivity index (χ3v) is 5.18. The van der Waals surface area contributed by atoms with Crippen LogP contribution in [-0.2, 0) is 20.9 Å². The SMILES string of the molecule is O=C1C(=O)N(Cc2ccc(/C=C3/SC(=S)NC3=O)o2)C2=CCCC=C12. The van der Waals surface area contributed by atoms with E-state index in [9.17, 15) is 14.4 Å². The Morgan fingerprint density at radius 1 is 1.24 bits per heavy atom. The molecule has 1 aromatic heterocycles. The molecule has 3 heterocycles. The summed E-state index contributed by atoms with van der Waals surface area (Å²) in [5.41, 5.74) is 1.14. The zero-order chi connectivity index (χ0) is 17.6. The first-order valence-corrected chi connectivity index (χ1v) is 8.86. The summed E-state index contributed by atoms with van der Waals surface area (Å²) in [6, 6.07) is 3.44. The standard InChI is InChI=1S/C17H12N2O4S2/c20-14-11-3-1-2-4-12(11)19(16(14)22)8-10-6-5-9(23-10)7-13-15(21)18-17(24)25-13/h3-7H,1-2,8H2,(H,18,21,24)/b13-7+. The number of thioether (sulfide) groups is 1. The van der Waals surface area contributed by atoms with Gasteiger partial charge in [0.1, 0.15) is 15.8 Å². The predicted octanol–water partition coefficient (Wildman–Crippen LogP) is 2.28. The van der Waals surface area contributed by atoms with Crippen molar-refractivity contribution in [1.29, 1.82) is 0 Å². The molecule has 0 saturated carbocycles. The van der Waals surface area contributed by atoms with Crippen LogP contribution in [0.5, 0.6) is 0 Å². The van der Waals surface area contributed by atoms with Crippen molar-refractivity contribution in [2.75, 3.05) is 0 Å². The summed E-state index contributed by atoms with van der Waals surface area (Å²) < 4.78 is 6.10. The zero-order valence-electron chi connectivity index (χ0n) is 12.9. The van der Waals surface area contributed by atoms with Gasteiger partial charge in [-0.1, -0.05) is 36.1 Å². The number of hydrogen-bond acceptors (Lipinski definition) is 6. The van der Waals surface area contributed by atoms with Gasteiger partial charge in [-0.3, -0.25) is 19.3 Å². The van der Waals surface area contributed by atoms with Crippen molar-refractivity contribution in [3.05, 3.63) is 52.0 Å². The number of nitrogens with zero attached hydrogens (tertiary/aromatic N) is 1. The number of allylic oxidation sites excluding steroid dienone is 3. The lowest BCUT2D eigenvalue weighted by molar-refractivity contribution is -0.139. The van der Waals surface area contributed by atoms with E-state index in [-0.39, 0.29) is 12.5 Å². The summed E-state index contributed by atoms with van der Waals surface area (Å²) in [5.74, 6) is -0.231. The highest BCUT2D eigenvalue weighted by Gasteiger charge is 2.39. The molecular weight excluding hydrogens is 360 g/mol. The van der Waals surface area contributed by atoms with Gasteiger partial charge in [0.05, 0.1) is 17.1 Å². The van der Waals surface area contributed by atoms with Crippen LogP contribution in [0.15, 0.2) is 44.9 Å². The van der Waals surface area contributed by atoms with Crippen LogP contribution in [0, 0.1) is 0 Å². The third-order valence-electron chi connectivity index (χ3n) is 4.02. The Hall–Kier alpha value is -2.45. The molecule has 2 aliphatic heterocycles. The van der Waals surface area contributed by atoms with Crippen LogP contribution in [0.4, 0.5) is 0 Å². The molecule has 1 N–H and O–H groups in total. The van der Waals surface area contributed by atoms with Gasteiger partial charge in [-0.2, -0.15) is 0 Å². The van der Waals surface area contributed by atoms with Crippen molar-refractivity contribution in [2.24, 2.45) is 0 Å². The van der Waals surface area contributed by atoms with Crippen LogP contribution in [-0.4, -0.2) is 26.8 Å². The fourth-order valence-electron chi connectivity index (χ4n) is 2.89. The summed E-state index contributed by atoms with van der Waals surface area (Å²) in [5, 5.41) is 2.54. The van der Waals surface area contributed by atoms with Gasteiger partial charge in [0, 0.05) is 11.6 Å². The Balaban J connectivity index is 1.55. The largest absolute Gasteiger partial charge is 0.460 e. The first kappa shape index (κ1) is 16.0. The highest BCUT2D eigenvalue weighted by atomic mass is 32.2. The second kappa shape index (κ2) is 6.12. The molecule has 0 spiro atoms. The molecule has 0 unspecified atom stereocenters. The van der Waals surface area contributed by atoms with Gasteiger partial charge in [0.2, 0.25) is 0 Å². The fourth-order valence-corrected chi connectivity index (χ4v) is 3.92. The molecule has 0 aromatic carbocycles. The molecule has 6 nitrogen and oxygen atoms in total. The first-order chi connectivity index (χ1) is 12.0. The molecule has 8 heteroatoms. The molecule has 1 aliphatic carbocycles. The maximum Gasteiger partial charge on any atom is 0.299 e. The minimum absolute atomic E-state index is 0.175. The topological polar surface area (TPSA) is 79.6 Å². The van der Waals surface area contributed by atoms with E-state index in [1.165, 1.54) is 16.7 Å². The quantitative estimate of drug-likeness (QED) is 0.498. The number of amides is 2. The second-order valence-corrected chi connectivity index (χ2v) is 7.38. The van der Waals surface area contributed by atoms with E-state index in [4.69, 9.17) is 16.6 Å². The lowest BCUT2D eigenvalue weighted by atomic mass is 10.0. The minimum Gasteiger partial charge on any atom is -0.460 e. The van der Waals surface area contributed by atoms with Crippen molar-refractivity contribution in [2.45, 2.75) is 19.4 Å². The lowest BCUT2D eigenvalue weighted by Crippen LogP contribution is -2.25. The van der Waals surface area contributed by atoms with Gasteiger partial charge in [-0.05, 0) is 25.0 Å². The third kappa shape index (κ3) is 2.87. The number of carbonyl (C=O) groups is 3. The van der Waals surface area contributed by atoms with Crippen molar-refractivity contribution in [3.63, 3.8) is 0 Å². The molecule has 2 fully saturated rings. The van der Waals surface area contributed by atoms with E-state index in [0.717, 1.165) is 12.8 Å². The van der Waals surface area contributed by atoms with Crippen LogP contribution in [0.2, 0.25) is 0 Å². The molecular formula is C17H12N2O4S2. The van der Waals surface area contributed by atoms with Crippen LogP contribution in [0.25, 0.3) is 6.08 Å². The van der Waals surface area contributed by atoms with Crippen LogP contribution < -0.4 is 5.32 Å². The number of fused-ring (bicyclic) bond motifs is 1. The Morgan fingerprint density at radius 3 is 2.80 bits per heavy atom. The number of likely N-dealkylation sites (tertiary alicyclic amines) is 1. The molecule has 126 valence electrons. The molecule has 2 amide bonds. The fraction of sp³-hybridized carbons (Fsp3) is 0.176. The van der Waals surface area contributed by atoms with Crippen molar-refractivity contribution >= 4 is 52.0 Å². The Bertz CT molecular complexity index is 923. The number of ketones is 1. The summed E-state index contributed by atoms with van der Waals surface area (Å²) >= 11 is 6.11. The number of thiocarbonyl (C=S) groups is 1. The van der Waals surface area contributed by atoms with Crippen LogP contribution in [0.3, 0.4) is 0 Å². The lowest BCUT2D eigenvalue weighted by Gasteiger charge is -2.17. The number of nitrogens with one attached hydrogen (secondary N) is 1. The van der Waals surface area contributed by atoms with Crippen molar-refractivity contribution < 1.29 is 18.8 Å². The highest BCUT2D eigenvalue weighted by Crippen LogP contribution is 2.32. The molecule has 0 radical (unpaired) electrons. The van der Waals surface area contributed by atoms with Crippen molar-refractivity contribution in [3.8, 4) is 0 Å². The first-order valence-electron chi connectivity index (χ1n) is 7.63. The molecule has 4 rings (SSSR count). The maximum atomic E-state index is 12.2. The minimum atomic E-state index is -0.535. The number of rotatable bonds is 3. The molecule has 2 saturated heterocycles. The van der Waals surface area contributed by atoms with Crippen molar-refractivity contribution in [1.82, 2.24) is 10.2 Å². The summed E-state index contributed by atoms with van der Waals surface area (Å²) in [6.07, 6.45) is 6.89. The Kier molecular flexibility index (Phi) is 3.93. The Morgan fingerprint density at radius 2 is 2.04 bits per heavy atom. The van der Waals surface area contributed by atoms with E-state index < -0.39 is 11.7 Å². The van der Waals surface area contributed by atoms with E-state index in [2.05, 4.69) is 5.32 Å². The average molecular weight is 372 g/mol. The molecule has 0 atom stereocenters. The Labute approximate surface area is 152 Å². The maximum absolute atomic E-state index is 12.2. The number of hydrogen-bond donors (Lipinski definition) is 1. The van der Waals surface area contributed by atoms with Crippen LogP contribution in [0.1, 0.15) is 24.4 Å². The van der Waals surface area contributed by atoms with Gasteiger partial charge in [-0.25, -0.2) is 0 Å². The molecule has 0 bridgehead atoms. The van der Waals surface area contributed by atoms with Gasteiger partial charge in [-0.15, -0.1) is 0 Å². The average Bonchev–Trinajstić information content (AvgIpc) is 3.23. The van der Waals surface area contributed by atoms with E-state index in [1.54, 1.807) is 18.2 Å². The van der Waals surface area contributed by atoms with E-state index in [0.29, 0.717) is 32.0 Å². The normalized spacial score (nSPS) is 21.6. The monoisotopic (exact) mass is 372 g/mol. The van der Waals surface area contributed by atoms with Gasteiger partial charge < -0.3 is 9.73 Å². The highest BCUT2D eigenvalue weighted by molar-refractivity contribution is 8.26. The van der Waals surface area contributed by atoms with Gasteiger partial charge >= 0.3 is 0 Å². The zero-order valence-corrected chi connectivity index (χ0v) is 14.5. The number of Topliss-reactive ketones (excluding diaryl/α,β-unsaturated/α-hetero) is 1. The summed E-state index contributed by atoms with van der Waals surface area (Å²) in [6.45, 7) is 0.175. The van der Waals surface area contributed by atoms with Gasteiger partial charge in [0.25, 0.3) is 17.6 Å². The second-order valence-electron chi connectivity index (χ2n) is 5.66. The number of furan rings is 1. The molecule has 1 aromatic rings. The molecule has 25 heavy (non-hydrogen) atoms. The van der Waals surface area contributed by atoms with E-state index >= 15 is 0 Å². The smallest absolute Gasteiger partial charge is 0.299 e. The summed E-state index contributed by atoms with van der Waals surface area (Å²) in [7, 11) is 0. The molecule has 3 aliphatic rings. The summed E-state index contributed by atoms with van der Waals surface area (Å²) in [4.78, 5) is 37.8. The van der Waals surface area contributed by atoms with Crippen LogP contribution >= 0.6 is 24.0 Å². The van der Waals surface area contributed by atoms with Gasteiger partial charge in [0.15, 0.2) is 0 Å². The predicted molar refractivity (Wildman–Crippen MR) is 96.0 cm³/mol.